The highest BCUT2D eigenvalue weighted by atomic mass is 79.9. The Balaban J connectivity index is 1.84. The minimum Gasteiger partial charge on any atom is -0.370 e. The molecule has 4 rings (SSSR count). The Morgan fingerprint density at radius 1 is 1.12 bits per heavy atom. The first kappa shape index (κ1) is 22.3. The Morgan fingerprint density at radius 3 is 2.38 bits per heavy atom. The molecular weight excluding hydrogens is 493 g/mol. The maximum absolute atomic E-state index is 13.4. The van der Waals surface area contributed by atoms with Crippen molar-refractivity contribution in [3.05, 3.63) is 58.1 Å². The van der Waals surface area contributed by atoms with Crippen LogP contribution in [0.25, 0.3) is 0 Å². The lowest BCUT2D eigenvalue weighted by molar-refractivity contribution is -0.137. The zero-order valence-corrected chi connectivity index (χ0v) is 18.3. The number of carbonyl (C=O) groups excluding carboxylic acids is 3. The molecule has 2 aliphatic heterocycles. The molecular formula is C21H18BrF3N4O3. The second-order valence-electron chi connectivity index (χ2n) is 7.63. The third-order valence-corrected chi connectivity index (χ3v) is 6.12. The number of anilines is 2. The molecule has 168 valence electrons. The van der Waals surface area contributed by atoms with E-state index >= 15 is 0 Å². The van der Waals surface area contributed by atoms with Gasteiger partial charge in [-0.25, -0.2) is 0 Å². The number of nitrogens with zero attached hydrogens (tertiary/aromatic N) is 2. The van der Waals surface area contributed by atoms with Gasteiger partial charge in [-0.3, -0.25) is 24.6 Å². The van der Waals surface area contributed by atoms with Crippen LogP contribution < -0.4 is 20.9 Å². The molecule has 32 heavy (non-hydrogen) atoms. The normalized spacial score (nSPS) is 22.5. The van der Waals surface area contributed by atoms with E-state index in [4.69, 9.17) is 5.73 Å². The number of nitrogens with two attached hydrogens (primary N) is 1. The molecule has 0 radical (unpaired) electrons. The summed E-state index contributed by atoms with van der Waals surface area (Å²) < 4.78 is 41.0. The van der Waals surface area contributed by atoms with E-state index < -0.39 is 41.9 Å². The molecule has 3 N–H and O–H groups in total. The minimum absolute atomic E-state index is 0.0182. The number of halogens is 4. The van der Waals surface area contributed by atoms with Gasteiger partial charge in [0.2, 0.25) is 5.91 Å². The number of alkyl halides is 3. The number of carbonyl (C=O) groups is 3. The lowest BCUT2D eigenvalue weighted by atomic mass is 9.98. The van der Waals surface area contributed by atoms with Crippen LogP contribution >= 0.6 is 15.9 Å². The summed E-state index contributed by atoms with van der Waals surface area (Å²) in [7, 11) is 0. The molecule has 0 aromatic heterocycles. The van der Waals surface area contributed by atoms with Crippen molar-refractivity contribution in [2.24, 2.45) is 5.73 Å². The summed E-state index contributed by atoms with van der Waals surface area (Å²) in [4.78, 5) is 40.5. The highest BCUT2D eigenvalue weighted by molar-refractivity contribution is 9.10. The monoisotopic (exact) mass is 510 g/mol. The van der Waals surface area contributed by atoms with Crippen molar-refractivity contribution < 1.29 is 27.6 Å². The van der Waals surface area contributed by atoms with Crippen LogP contribution in [0.15, 0.2) is 46.9 Å². The predicted molar refractivity (Wildman–Crippen MR) is 114 cm³/mol. The van der Waals surface area contributed by atoms with E-state index in [0.717, 1.165) is 16.6 Å². The molecule has 0 bridgehead atoms. The van der Waals surface area contributed by atoms with Crippen molar-refractivity contribution in [2.45, 2.75) is 37.9 Å². The molecule has 1 fully saturated rings. The fourth-order valence-electron chi connectivity index (χ4n) is 4.08. The number of benzene rings is 2. The van der Waals surface area contributed by atoms with Crippen LogP contribution in [0, 0.1) is 0 Å². The van der Waals surface area contributed by atoms with Gasteiger partial charge < -0.3 is 10.6 Å². The summed E-state index contributed by atoms with van der Waals surface area (Å²) in [6, 6.07) is 7.66. The Hall–Kier alpha value is -2.92. The SMILES string of the molecule is C[C@H]1C(=O)C(CC(N)=O)N[C@@H]2N(C(=O)c3ccc(Br)cc3)c3cc(C(F)(F)F)ccc3N21. The molecule has 7 nitrogen and oxygen atoms in total. The van der Waals surface area contributed by atoms with E-state index in [1.54, 1.807) is 36.1 Å². The van der Waals surface area contributed by atoms with Crippen LogP contribution in [0.1, 0.15) is 29.3 Å². The van der Waals surface area contributed by atoms with Crippen molar-refractivity contribution in [1.29, 1.82) is 0 Å². The van der Waals surface area contributed by atoms with Crippen molar-refractivity contribution in [3.8, 4) is 0 Å². The van der Waals surface area contributed by atoms with E-state index in [9.17, 15) is 27.6 Å². The van der Waals surface area contributed by atoms with E-state index in [0.29, 0.717) is 5.69 Å². The molecule has 1 unspecified atom stereocenters. The first-order chi connectivity index (χ1) is 15.0. The van der Waals surface area contributed by atoms with Gasteiger partial charge in [0.05, 0.1) is 29.0 Å². The van der Waals surface area contributed by atoms with Crippen molar-refractivity contribution in [2.75, 3.05) is 9.80 Å². The third kappa shape index (κ3) is 3.75. The summed E-state index contributed by atoms with van der Waals surface area (Å²) in [5, 5.41) is 2.93. The Kier molecular flexibility index (Phi) is 5.49. The number of hydrogen-bond donors (Lipinski definition) is 2. The number of rotatable bonds is 3. The van der Waals surface area contributed by atoms with Gasteiger partial charge in [0.1, 0.15) is 0 Å². The van der Waals surface area contributed by atoms with Gasteiger partial charge in [0, 0.05) is 16.5 Å². The maximum atomic E-state index is 13.4. The number of nitrogens with one attached hydrogen (secondary N) is 1. The molecule has 2 aromatic rings. The molecule has 2 aliphatic rings. The third-order valence-electron chi connectivity index (χ3n) is 5.59. The van der Waals surface area contributed by atoms with Crippen LogP contribution in [0.5, 0.6) is 0 Å². The average Bonchev–Trinajstić information content (AvgIpc) is 3.04. The lowest BCUT2D eigenvalue weighted by Crippen LogP contribution is -2.69. The number of hydrogen-bond acceptors (Lipinski definition) is 5. The number of Topliss-reactive ketones (excluding diaryl/α,β-unsaturated/α-hetero) is 1. The fraction of sp³-hybridized carbons (Fsp3) is 0.286. The Labute approximate surface area is 189 Å². The zero-order valence-electron chi connectivity index (χ0n) is 16.7. The number of ketones is 1. The van der Waals surface area contributed by atoms with Crippen LogP contribution in [-0.4, -0.2) is 36.0 Å². The minimum atomic E-state index is -4.62. The number of amides is 2. The summed E-state index contributed by atoms with van der Waals surface area (Å²) in [5.41, 5.74) is 4.92. The molecule has 3 atom stereocenters. The lowest BCUT2D eigenvalue weighted by Gasteiger charge is -2.43. The molecule has 0 aliphatic carbocycles. The van der Waals surface area contributed by atoms with Crippen LogP contribution in [0.4, 0.5) is 24.5 Å². The molecule has 0 spiro atoms. The van der Waals surface area contributed by atoms with Crippen LogP contribution in [-0.2, 0) is 15.8 Å². The van der Waals surface area contributed by atoms with Gasteiger partial charge in [-0.15, -0.1) is 0 Å². The summed E-state index contributed by atoms with van der Waals surface area (Å²) >= 11 is 3.28. The second kappa shape index (κ2) is 7.89. The predicted octanol–water partition coefficient (Wildman–Crippen LogP) is 3.02. The quantitative estimate of drug-likeness (QED) is 0.661. The summed E-state index contributed by atoms with van der Waals surface area (Å²) in [6.45, 7) is 1.58. The Morgan fingerprint density at radius 2 is 1.78 bits per heavy atom. The molecule has 11 heteroatoms. The van der Waals surface area contributed by atoms with Crippen LogP contribution in [0.3, 0.4) is 0 Å². The number of fused-ring (bicyclic) bond motifs is 3. The van der Waals surface area contributed by atoms with E-state index in [-0.39, 0.29) is 23.5 Å². The Bertz CT molecular complexity index is 1110. The van der Waals surface area contributed by atoms with Gasteiger partial charge in [-0.1, -0.05) is 15.9 Å². The largest absolute Gasteiger partial charge is 0.416 e. The molecule has 2 heterocycles. The first-order valence-corrected chi connectivity index (χ1v) is 10.4. The topological polar surface area (TPSA) is 95.7 Å². The second-order valence-corrected chi connectivity index (χ2v) is 8.55. The number of primary amides is 1. The average molecular weight is 511 g/mol. The van der Waals surface area contributed by atoms with Crippen molar-refractivity contribution in [3.63, 3.8) is 0 Å². The highest BCUT2D eigenvalue weighted by Crippen LogP contribution is 2.45. The zero-order chi connectivity index (χ0) is 23.4. The van der Waals surface area contributed by atoms with Crippen LogP contribution in [0.2, 0.25) is 0 Å². The van der Waals surface area contributed by atoms with Gasteiger partial charge in [0.25, 0.3) is 5.91 Å². The highest BCUT2D eigenvalue weighted by Gasteiger charge is 2.50. The van der Waals surface area contributed by atoms with Gasteiger partial charge >= 0.3 is 6.18 Å². The molecule has 1 saturated heterocycles. The standard InChI is InChI=1S/C21H18BrF3N4O3/c1-10-18(31)14(9-17(26)30)27-20-28(10)15-7-4-12(21(23,24)25)8-16(15)29(20)19(32)11-2-5-13(22)6-3-11/h2-8,10,14,20,27H,9H2,1H3,(H2,26,30)/t10-,14?,20-/m0/s1. The first-order valence-electron chi connectivity index (χ1n) is 9.66. The van der Waals surface area contributed by atoms with Crippen molar-refractivity contribution >= 4 is 44.9 Å². The smallest absolute Gasteiger partial charge is 0.370 e. The molecule has 0 saturated carbocycles. The molecule has 2 aromatic carbocycles. The summed E-state index contributed by atoms with van der Waals surface area (Å²) in [5.74, 6) is -1.61. The van der Waals surface area contributed by atoms with E-state index in [1.807, 2.05) is 0 Å². The summed E-state index contributed by atoms with van der Waals surface area (Å²) in [6.07, 6.45) is -5.88. The van der Waals surface area contributed by atoms with Gasteiger partial charge in [0.15, 0.2) is 12.1 Å². The fourth-order valence-corrected chi connectivity index (χ4v) is 4.34. The maximum Gasteiger partial charge on any atom is 0.416 e. The van der Waals surface area contributed by atoms with Crippen molar-refractivity contribution in [1.82, 2.24) is 5.32 Å². The van der Waals surface area contributed by atoms with E-state index in [2.05, 4.69) is 21.2 Å². The van der Waals surface area contributed by atoms with Gasteiger partial charge in [-0.05, 0) is 49.4 Å². The van der Waals surface area contributed by atoms with E-state index in [1.165, 1.54) is 11.0 Å². The molecule has 2 amide bonds. The van der Waals surface area contributed by atoms with Gasteiger partial charge in [-0.2, -0.15) is 13.2 Å².